The molecular formula is C10H18FNO4. The van der Waals surface area contributed by atoms with E-state index in [1.807, 2.05) is 0 Å². The van der Waals surface area contributed by atoms with Crippen LogP contribution in [0.1, 0.15) is 27.2 Å². The molecule has 0 saturated carbocycles. The maximum atomic E-state index is 12.1. The fourth-order valence-corrected chi connectivity index (χ4v) is 0.950. The second-order valence-corrected chi connectivity index (χ2v) is 4.20. The van der Waals surface area contributed by atoms with Crippen LogP contribution in [0.4, 0.5) is 9.18 Å². The van der Waals surface area contributed by atoms with Crippen LogP contribution in [0.2, 0.25) is 0 Å². The van der Waals surface area contributed by atoms with Crippen LogP contribution in [0.25, 0.3) is 0 Å². The van der Waals surface area contributed by atoms with E-state index in [0.717, 1.165) is 0 Å². The van der Waals surface area contributed by atoms with Gasteiger partial charge in [0.25, 0.3) is 0 Å². The van der Waals surface area contributed by atoms with Gasteiger partial charge in [0.2, 0.25) is 0 Å². The molecule has 5 nitrogen and oxygen atoms in total. The fourth-order valence-electron chi connectivity index (χ4n) is 0.950. The van der Waals surface area contributed by atoms with Gasteiger partial charge in [0.05, 0.1) is 13.8 Å². The molecule has 16 heavy (non-hydrogen) atoms. The normalized spacial score (nSPS) is 12.8. The molecule has 1 atom stereocenters. The number of nitrogens with one attached hydrogen (secondary N) is 1. The van der Waals surface area contributed by atoms with Crippen LogP contribution in [-0.2, 0) is 14.3 Å². The molecule has 0 saturated heterocycles. The lowest BCUT2D eigenvalue weighted by atomic mass is 10.2. The van der Waals surface area contributed by atoms with Crippen LogP contribution in [0, 0.1) is 0 Å². The Morgan fingerprint density at radius 1 is 1.38 bits per heavy atom. The first-order chi connectivity index (χ1) is 7.30. The van der Waals surface area contributed by atoms with Crippen LogP contribution in [0.15, 0.2) is 0 Å². The van der Waals surface area contributed by atoms with E-state index in [2.05, 4.69) is 10.1 Å². The zero-order valence-corrected chi connectivity index (χ0v) is 10.0. The number of esters is 1. The number of alkyl carbamates (subject to hydrolysis) is 1. The predicted molar refractivity (Wildman–Crippen MR) is 55.8 cm³/mol. The lowest BCUT2D eigenvalue weighted by molar-refractivity contribution is -0.143. The third kappa shape index (κ3) is 6.21. The third-order valence-corrected chi connectivity index (χ3v) is 1.57. The van der Waals surface area contributed by atoms with Gasteiger partial charge in [-0.25, -0.2) is 9.59 Å². The molecule has 0 aromatic carbocycles. The highest BCUT2D eigenvalue weighted by molar-refractivity contribution is 5.81. The molecule has 1 amide bonds. The van der Waals surface area contributed by atoms with Crippen LogP contribution in [0.5, 0.6) is 0 Å². The largest absolute Gasteiger partial charge is 0.467 e. The first-order valence-corrected chi connectivity index (χ1v) is 4.93. The summed E-state index contributed by atoms with van der Waals surface area (Å²) in [6, 6.07) is -1.01. The maximum absolute atomic E-state index is 12.1. The van der Waals surface area contributed by atoms with Crippen molar-refractivity contribution in [3.63, 3.8) is 0 Å². The first kappa shape index (κ1) is 14.7. The molecule has 0 aliphatic rings. The van der Waals surface area contributed by atoms with Crippen molar-refractivity contribution >= 4 is 12.1 Å². The molecule has 0 aliphatic carbocycles. The molecule has 0 unspecified atom stereocenters. The van der Waals surface area contributed by atoms with Crippen molar-refractivity contribution in [2.24, 2.45) is 0 Å². The third-order valence-electron chi connectivity index (χ3n) is 1.57. The Balaban J connectivity index is 4.29. The molecule has 6 heteroatoms. The predicted octanol–water partition coefficient (Wildman–Crippen LogP) is 1.41. The highest BCUT2D eigenvalue weighted by Crippen LogP contribution is 2.07. The second-order valence-electron chi connectivity index (χ2n) is 4.20. The van der Waals surface area contributed by atoms with Crippen molar-refractivity contribution in [3.8, 4) is 0 Å². The SMILES string of the molecule is COC(=O)[C@H](CCF)NC(=O)OC(C)(C)C. The number of hydrogen-bond donors (Lipinski definition) is 1. The Bertz CT molecular complexity index is 250. The van der Waals surface area contributed by atoms with E-state index in [4.69, 9.17) is 4.74 Å². The highest BCUT2D eigenvalue weighted by Gasteiger charge is 2.24. The summed E-state index contributed by atoms with van der Waals surface area (Å²) in [4.78, 5) is 22.4. The summed E-state index contributed by atoms with van der Waals surface area (Å²) >= 11 is 0. The Labute approximate surface area is 94.3 Å². The average molecular weight is 235 g/mol. The van der Waals surface area contributed by atoms with Gasteiger partial charge in [-0.2, -0.15) is 0 Å². The number of ether oxygens (including phenoxy) is 2. The van der Waals surface area contributed by atoms with Crippen LogP contribution in [-0.4, -0.2) is 37.5 Å². The molecular weight excluding hydrogens is 217 g/mol. The minimum absolute atomic E-state index is 0.133. The maximum Gasteiger partial charge on any atom is 0.408 e. The molecule has 0 heterocycles. The van der Waals surface area contributed by atoms with E-state index in [1.165, 1.54) is 7.11 Å². The monoisotopic (exact) mass is 235 g/mol. The quantitative estimate of drug-likeness (QED) is 0.748. The van der Waals surface area contributed by atoms with E-state index in [-0.39, 0.29) is 6.42 Å². The van der Waals surface area contributed by atoms with Gasteiger partial charge >= 0.3 is 12.1 Å². The van der Waals surface area contributed by atoms with E-state index < -0.39 is 30.4 Å². The van der Waals surface area contributed by atoms with Crippen LogP contribution in [0.3, 0.4) is 0 Å². The first-order valence-electron chi connectivity index (χ1n) is 4.93. The van der Waals surface area contributed by atoms with Crippen molar-refractivity contribution in [1.82, 2.24) is 5.32 Å². The van der Waals surface area contributed by atoms with Crippen LogP contribution >= 0.6 is 0 Å². The van der Waals surface area contributed by atoms with Crippen molar-refractivity contribution in [3.05, 3.63) is 0 Å². The number of halogens is 1. The van der Waals surface area contributed by atoms with Gasteiger partial charge in [0, 0.05) is 6.42 Å². The molecule has 0 spiro atoms. The second kappa shape index (κ2) is 6.30. The van der Waals surface area contributed by atoms with Crippen molar-refractivity contribution in [1.29, 1.82) is 0 Å². The topological polar surface area (TPSA) is 64.6 Å². The summed E-state index contributed by atoms with van der Waals surface area (Å²) in [5, 5.41) is 2.25. The van der Waals surface area contributed by atoms with Gasteiger partial charge in [-0.05, 0) is 20.8 Å². The lowest BCUT2D eigenvalue weighted by Crippen LogP contribution is -2.44. The molecule has 0 bridgehead atoms. The molecule has 0 radical (unpaired) electrons. The summed E-state index contributed by atoms with van der Waals surface area (Å²) in [6.07, 6.45) is -0.900. The molecule has 0 aromatic heterocycles. The number of hydrogen-bond acceptors (Lipinski definition) is 4. The Morgan fingerprint density at radius 3 is 2.31 bits per heavy atom. The summed E-state index contributed by atoms with van der Waals surface area (Å²) in [5.41, 5.74) is -0.666. The summed E-state index contributed by atoms with van der Waals surface area (Å²) in [7, 11) is 1.17. The molecule has 94 valence electrons. The smallest absolute Gasteiger partial charge is 0.408 e. The van der Waals surface area contributed by atoms with Crippen LogP contribution < -0.4 is 5.32 Å². The number of carbonyl (C=O) groups excluding carboxylic acids is 2. The highest BCUT2D eigenvalue weighted by atomic mass is 19.1. The van der Waals surface area contributed by atoms with E-state index in [0.29, 0.717) is 0 Å². The standard InChI is InChI=1S/C10H18FNO4/c1-10(2,3)16-9(14)12-7(5-6-11)8(13)15-4/h7H,5-6H2,1-4H3,(H,12,14)/t7-/m0/s1. The minimum atomic E-state index is -1.01. The van der Waals surface area contributed by atoms with Crippen molar-refractivity contribution in [2.45, 2.75) is 38.8 Å². The summed E-state index contributed by atoms with van der Waals surface area (Å²) in [5.74, 6) is -0.691. The van der Waals surface area contributed by atoms with Gasteiger partial charge in [-0.1, -0.05) is 0 Å². The van der Waals surface area contributed by atoms with Gasteiger partial charge < -0.3 is 14.8 Å². The van der Waals surface area contributed by atoms with Crippen molar-refractivity contribution < 1.29 is 23.5 Å². The molecule has 0 aromatic rings. The number of methoxy groups -OCH3 is 1. The minimum Gasteiger partial charge on any atom is -0.467 e. The van der Waals surface area contributed by atoms with E-state index in [9.17, 15) is 14.0 Å². The number of amides is 1. The molecule has 0 fully saturated rings. The van der Waals surface area contributed by atoms with Gasteiger partial charge in [-0.3, -0.25) is 4.39 Å². The Kier molecular flexibility index (Phi) is 5.77. The number of alkyl halides is 1. The fraction of sp³-hybridized carbons (Fsp3) is 0.800. The molecule has 0 aliphatic heterocycles. The van der Waals surface area contributed by atoms with Crippen molar-refractivity contribution in [2.75, 3.05) is 13.8 Å². The van der Waals surface area contributed by atoms with E-state index in [1.54, 1.807) is 20.8 Å². The molecule has 0 rings (SSSR count). The molecule has 1 N–H and O–H groups in total. The van der Waals surface area contributed by atoms with Gasteiger partial charge in [-0.15, -0.1) is 0 Å². The van der Waals surface area contributed by atoms with Gasteiger partial charge in [0.15, 0.2) is 0 Å². The Morgan fingerprint density at radius 2 is 1.94 bits per heavy atom. The number of rotatable bonds is 4. The zero-order valence-electron chi connectivity index (χ0n) is 10.0. The van der Waals surface area contributed by atoms with E-state index >= 15 is 0 Å². The number of carbonyl (C=O) groups is 2. The summed E-state index contributed by atoms with van der Waals surface area (Å²) < 4.78 is 21.5. The average Bonchev–Trinajstić information content (AvgIpc) is 2.13. The van der Waals surface area contributed by atoms with Gasteiger partial charge in [0.1, 0.15) is 11.6 Å². The zero-order chi connectivity index (χ0) is 12.8. The Hall–Kier alpha value is -1.33. The summed E-state index contributed by atoms with van der Waals surface area (Å²) in [6.45, 7) is 4.34. The lowest BCUT2D eigenvalue weighted by Gasteiger charge is -2.22.